The average molecular weight is 397 g/mol. The van der Waals surface area contributed by atoms with E-state index in [1.54, 1.807) is 11.8 Å². The summed E-state index contributed by atoms with van der Waals surface area (Å²) in [6, 6.07) is 19.7. The summed E-state index contributed by atoms with van der Waals surface area (Å²) in [5, 5.41) is 4.84. The first kappa shape index (κ1) is 17.9. The summed E-state index contributed by atoms with van der Waals surface area (Å²) in [6.07, 6.45) is 0. The Hall–Kier alpha value is -2.50. The molecule has 0 fully saturated rings. The van der Waals surface area contributed by atoms with E-state index in [2.05, 4.69) is 10.1 Å². The predicted molar refractivity (Wildman–Crippen MR) is 109 cm³/mol. The molecule has 0 amide bonds. The van der Waals surface area contributed by atoms with Gasteiger partial charge in [0.1, 0.15) is 5.76 Å². The molecule has 2 heterocycles. The van der Waals surface area contributed by atoms with Gasteiger partial charge in [-0.3, -0.25) is 0 Å². The molecule has 2 aromatic carbocycles. The van der Waals surface area contributed by atoms with Gasteiger partial charge >= 0.3 is 0 Å². The summed E-state index contributed by atoms with van der Waals surface area (Å²) in [5.74, 6) is 3.94. The van der Waals surface area contributed by atoms with Crippen LogP contribution in [0.4, 0.5) is 0 Å². The van der Waals surface area contributed by atoms with E-state index in [0.717, 1.165) is 33.4 Å². The Morgan fingerprint density at radius 1 is 0.963 bits per heavy atom. The van der Waals surface area contributed by atoms with Gasteiger partial charge in [-0.2, -0.15) is 4.98 Å². The van der Waals surface area contributed by atoms with Gasteiger partial charge in [0.2, 0.25) is 5.82 Å². The van der Waals surface area contributed by atoms with Crippen LogP contribution in [0, 0.1) is 6.92 Å². The molecule has 4 rings (SSSR count). The van der Waals surface area contributed by atoms with Crippen LogP contribution < -0.4 is 0 Å². The van der Waals surface area contributed by atoms with Gasteiger partial charge in [0.25, 0.3) is 5.89 Å². The number of rotatable bonds is 6. The monoisotopic (exact) mass is 396 g/mol. The van der Waals surface area contributed by atoms with Crippen molar-refractivity contribution in [2.75, 3.05) is 0 Å². The van der Waals surface area contributed by atoms with Crippen molar-refractivity contribution in [2.24, 2.45) is 0 Å². The number of hydrogen-bond donors (Lipinski definition) is 0. The summed E-state index contributed by atoms with van der Waals surface area (Å²) in [4.78, 5) is 4.44. The summed E-state index contributed by atoms with van der Waals surface area (Å²) in [6.45, 7) is 2.04. The minimum Gasteiger partial charge on any atom is -0.455 e. The number of nitrogens with zero attached hydrogens (tertiary/aromatic N) is 2. The molecule has 0 aliphatic rings. The van der Waals surface area contributed by atoms with E-state index in [1.807, 2.05) is 67.6 Å². The highest BCUT2D eigenvalue weighted by Crippen LogP contribution is 2.27. The zero-order valence-electron chi connectivity index (χ0n) is 14.7. The van der Waals surface area contributed by atoms with Crippen LogP contribution in [0.15, 0.2) is 69.6 Å². The Labute approximate surface area is 166 Å². The zero-order chi connectivity index (χ0) is 18.6. The van der Waals surface area contributed by atoms with Gasteiger partial charge in [-0.15, -0.1) is 11.8 Å². The largest absolute Gasteiger partial charge is 0.455 e. The van der Waals surface area contributed by atoms with Gasteiger partial charge in [-0.25, -0.2) is 0 Å². The van der Waals surface area contributed by atoms with Crippen LogP contribution >= 0.6 is 23.4 Å². The molecule has 0 atom stereocenters. The molecule has 0 saturated heterocycles. The molecular weight excluding hydrogens is 380 g/mol. The second kappa shape index (κ2) is 8.03. The zero-order valence-corrected chi connectivity index (χ0v) is 16.3. The van der Waals surface area contributed by atoms with Crippen molar-refractivity contribution in [1.29, 1.82) is 0 Å². The van der Waals surface area contributed by atoms with Crippen molar-refractivity contribution in [2.45, 2.75) is 18.4 Å². The molecule has 0 aliphatic heterocycles. The number of hydrogen-bond acceptors (Lipinski definition) is 5. The molecule has 0 bridgehead atoms. The maximum Gasteiger partial charge on any atom is 0.293 e. The SMILES string of the molecule is Cc1ccc(-c2noc(-c3ccc(CSCc4ccccc4Cl)o3)n2)cc1. The molecule has 0 saturated carbocycles. The van der Waals surface area contributed by atoms with Crippen LogP contribution in [-0.2, 0) is 11.5 Å². The van der Waals surface area contributed by atoms with Crippen molar-refractivity contribution >= 4 is 23.4 Å². The molecular formula is C21H17ClN2O2S. The highest BCUT2D eigenvalue weighted by atomic mass is 35.5. The van der Waals surface area contributed by atoms with Gasteiger partial charge in [0.05, 0.1) is 5.75 Å². The Morgan fingerprint density at radius 3 is 2.59 bits per heavy atom. The molecule has 0 N–H and O–H groups in total. The van der Waals surface area contributed by atoms with Gasteiger partial charge < -0.3 is 8.94 Å². The fourth-order valence-corrected chi connectivity index (χ4v) is 3.80. The number of aryl methyl sites for hydroxylation is 1. The van der Waals surface area contributed by atoms with Crippen molar-refractivity contribution in [3.63, 3.8) is 0 Å². The van der Waals surface area contributed by atoms with E-state index in [9.17, 15) is 0 Å². The minimum absolute atomic E-state index is 0.382. The highest BCUT2D eigenvalue weighted by Gasteiger charge is 2.14. The summed E-state index contributed by atoms with van der Waals surface area (Å²) < 4.78 is 11.2. The van der Waals surface area contributed by atoms with Gasteiger partial charge in [0.15, 0.2) is 5.76 Å². The Bertz CT molecular complexity index is 1040. The Balaban J connectivity index is 1.41. The molecule has 2 aromatic heterocycles. The van der Waals surface area contributed by atoms with E-state index in [0.29, 0.717) is 17.5 Å². The summed E-state index contributed by atoms with van der Waals surface area (Å²) in [7, 11) is 0. The summed E-state index contributed by atoms with van der Waals surface area (Å²) in [5.41, 5.74) is 3.22. The molecule has 6 heteroatoms. The maximum absolute atomic E-state index is 6.19. The van der Waals surface area contributed by atoms with Crippen LogP contribution in [0.2, 0.25) is 5.02 Å². The standard InChI is InChI=1S/C21H17ClN2O2S/c1-14-6-8-15(9-7-14)20-23-21(26-24-20)19-11-10-17(25-19)13-27-12-16-4-2-3-5-18(16)22/h2-11H,12-13H2,1H3. The van der Waals surface area contributed by atoms with Gasteiger partial charge in [-0.05, 0) is 30.7 Å². The summed E-state index contributed by atoms with van der Waals surface area (Å²) >= 11 is 7.93. The lowest BCUT2D eigenvalue weighted by molar-refractivity contribution is 0.413. The lowest BCUT2D eigenvalue weighted by atomic mass is 10.1. The highest BCUT2D eigenvalue weighted by molar-refractivity contribution is 7.97. The molecule has 4 aromatic rings. The molecule has 0 unspecified atom stereocenters. The van der Waals surface area contributed by atoms with Crippen molar-refractivity contribution in [3.8, 4) is 23.0 Å². The normalized spacial score (nSPS) is 11.0. The van der Waals surface area contributed by atoms with Crippen LogP contribution in [0.3, 0.4) is 0 Å². The molecule has 4 nitrogen and oxygen atoms in total. The number of thioether (sulfide) groups is 1. The van der Waals surface area contributed by atoms with Crippen molar-refractivity contribution in [3.05, 3.63) is 82.6 Å². The molecule has 0 spiro atoms. The van der Waals surface area contributed by atoms with Crippen LogP contribution in [0.5, 0.6) is 0 Å². The molecule has 0 aliphatic carbocycles. The predicted octanol–water partition coefficient (Wildman–Crippen LogP) is 6.39. The smallest absolute Gasteiger partial charge is 0.293 e. The van der Waals surface area contributed by atoms with E-state index >= 15 is 0 Å². The second-order valence-corrected chi connectivity index (χ2v) is 7.53. The fourth-order valence-electron chi connectivity index (χ4n) is 2.59. The van der Waals surface area contributed by atoms with Crippen molar-refractivity contribution in [1.82, 2.24) is 10.1 Å². The number of aromatic nitrogens is 2. The third-order valence-electron chi connectivity index (χ3n) is 4.07. The molecule has 27 heavy (non-hydrogen) atoms. The topological polar surface area (TPSA) is 52.1 Å². The van der Waals surface area contributed by atoms with Gasteiger partial charge in [-0.1, -0.05) is 64.8 Å². The Morgan fingerprint density at radius 2 is 1.78 bits per heavy atom. The number of furan rings is 1. The van der Waals surface area contributed by atoms with Gasteiger partial charge in [0, 0.05) is 16.3 Å². The fraction of sp³-hybridized carbons (Fsp3) is 0.143. The first-order chi connectivity index (χ1) is 13.2. The van der Waals surface area contributed by atoms with E-state index in [1.165, 1.54) is 5.56 Å². The molecule has 136 valence electrons. The number of halogens is 1. The minimum atomic E-state index is 0.382. The Kier molecular flexibility index (Phi) is 5.32. The number of benzene rings is 2. The average Bonchev–Trinajstić information content (AvgIpc) is 3.33. The van der Waals surface area contributed by atoms with Crippen LogP contribution in [0.25, 0.3) is 23.0 Å². The van der Waals surface area contributed by atoms with Crippen molar-refractivity contribution < 1.29 is 8.94 Å². The quantitative estimate of drug-likeness (QED) is 0.378. The first-order valence-electron chi connectivity index (χ1n) is 8.50. The van der Waals surface area contributed by atoms with E-state index in [4.69, 9.17) is 20.5 Å². The van der Waals surface area contributed by atoms with E-state index < -0.39 is 0 Å². The maximum atomic E-state index is 6.19. The molecule has 0 radical (unpaired) electrons. The van der Waals surface area contributed by atoms with Crippen LogP contribution in [0.1, 0.15) is 16.9 Å². The second-order valence-electron chi connectivity index (χ2n) is 6.14. The van der Waals surface area contributed by atoms with Crippen LogP contribution in [-0.4, -0.2) is 10.1 Å². The third kappa shape index (κ3) is 4.26. The lowest BCUT2D eigenvalue weighted by Crippen LogP contribution is -1.83. The van der Waals surface area contributed by atoms with E-state index in [-0.39, 0.29) is 0 Å². The lowest BCUT2D eigenvalue weighted by Gasteiger charge is -2.02. The third-order valence-corrected chi connectivity index (χ3v) is 5.44. The first-order valence-corrected chi connectivity index (χ1v) is 10.0.